The maximum absolute atomic E-state index is 4.77. The zero-order valence-corrected chi connectivity index (χ0v) is 44.9. The van der Waals surface area contributed by atoms with E-state index in [-0.39, 0.29) is 28.4 Å². The minimum absolute atomic E-state index is 0.00352. The lowest BCUT2D eigenvalue weighted by Crippen LogP contribution is -2.46. The van der Waals surface area contributed by atoms with Crippen molar-refractivity contribution in [1.82, 2.24) is 4.90 Å². The average Bonchev–Trinajstić information content (AvgIpc) is 3.63. The largest absolute Gasteiger partial charge is 0.345 e. The van der Waals surface area contributed by atoms with Crippen LogP contribution < -0.4 is 9.68 Å². The fourth-order valence-corrected chi connectivity index (χ4v) is 11.2. The van der Waals surface area contributed by atoms with Crippen molar-refractivity contribution >= 4 is 38.6 Å². The van der Waals surface area contributed by atoms with Gasteiger partial charge in [-0.1, -0.05) is 164 Å². The summed E-state index contributed by atoms with van der Waals surface area (Å²) in [4.78, 5) is 5.09. The number of rotatable bonds is 11. The van der Waals surface area contributed by atoms with Crippen molar-refractivity contribution in [3.63, 3.8) is 0 Å². The summed E-state index contributed by atoms with van der Waals surface area (Å²) in [5.41, 5.74) is 16.8. The Morgan fingerprint density at radius 3 is 2.29 bits per heavy atom. The first-order valence-corrected chi connectivity index (χ1v) is 25.8. The molecule has 350 valence electrons. The predicted molar refractivity (Wildman–Crippen MR) is 297 cm³/mol. The molecule has 2 unspecified atom stereocenters. The van der Waals surface area contributed by atoms with Crippen LogP contribution in [0, 0.1) is 28.1 Å². The smallest absolute Gasteiger partial charge is 0.256 e. The average molecular weight is 899 g/mol. The van der Waals surface area contributed by atoms with Gasteiger partial charge in [0.1, 0.15) is 0 Å². The van der Waals surface area contributed by atoms with Gasteiger partial charge in [0.2, 0.25) is 0 Å². The van der Waals surface area contributed by atoms with Crippen LogP contribution in [0.5, 0.6) is 0 Å². The Labute approximate surface area is 407 Å². The fraction of sp³-hybridized carbons (Fsp3) is 0.452. The number of fused-ring (bicyclic) bond motifs is 5. The minimum Gasteiger partial charge on any atom is -0.345 e. The van der Waals surface area contributed by atoms with Crippen LogP contribution in [-0.4, -0.2) is 18.2 Å². The van der Waals surface area contributed by atoms with Gasteiger partial charge in [-0.3, -0.25) is 0 Å². The summed E-state index contributed by atoms with van der Waals surface area (Å²) in [6.07, 6.45) is 31.0. The van der Waals surface area contributed by atoms with E-state index in [1.54, 1.807) is 0 Å². The molecule has 1 aromatic carbocycles. The highest BCUT2D eigenvalue weighted by atomic mass is 32.1. The number of benzene rings is 1. The van der Waals surface area contributed by atoms with Crippen molar-refractivity contribution in [2.24, 2.45) is 28.1 Å². The molecule has 1 fully saturated rings. The molecule has 2 nitrogen and oxygen atoms in total. The molecule has 0 amide bonds. The fourth-order valence-electron chi connectivity index (χ4n) is 9.92. The van der Waals surface area contributed by atoms with Crippen LogP contribution in [-0.2, 0) is 5.41 Å². The topological polar surface area (TPSA) is 6.48 Å². The summed E-state index contributed by atoms with van der Waals surface area (Å²) in [5, 5.41) is 1.29. The van der Waals surface area contributed by atoms with Crippen molar-refractivity contribution in [3.05, 3.63) is 178 Å². The van der Waals surface area contributed by atoms with E-state index >= 15 is 0 Å². The lowest BCUT2D eigenvalue weighted by atomic mass is 9.39. The number of nitrogens with zero attached hydrogens (tertiary/aromatic N) is 2. The lowest BCUT2D eigenvalue weighted by molar-refractivity contribution is 0.267. The van der Waals surface area contributed by atoms with Crippen LogP contribution in [0.3, 0.4) is 0 Å². The van der Waals surface area contributed by atoms with Crippen molar-refractivity contribution in [3.8, 4) is 0 Å². The van der Waals surface area contributed by atoms with Gasteiger partial charge < -0.3 is 9.80 Å². The van der Waals surface area contributed by atoms with Gasteiger partial charge in [0.25, 0.3) is 6.71 Å². The van der Waals surface area contributed by atoms with Crippen molar-refractivity contribution < 1.29 is 0 Å². The molecule has 1 saturated carbocycles. The summed E-state index contributed by atoms with van der Waals surface area (Å²) >= 11 is 1.95. The Bertz CT molecular complexity index is 2580. The molecule has 4 aliphatic rings. The second-order valence-corrected chi connectivity index (χ2v) is 24.3. The molecule has 4 heteroatoms. The summed E-state index contributed by atoms with van der Waals surface area (Å²) < 4.78 is 2.66. The van der Waals surface area contributed by atoms with Gasteiger partial charge in [0.15, 0.2) is 0 Å². The Kier molecular flexibility index (Phi) is 15.1. The first kappa shape index (κ1) is 50.9. The Morgan fingerprint density at radius 2 is 1.65 bits per heavy atom. The van der Waals surface area contributed by atoms with E-state index in [2.05, 4.69) is 212 Å². The van der Waals surface area contributed by atoms with Crippen LogP contribution in [0.25, 0.3) is 10.1 Å². The molecule has 0 saturated heterocycles. The summed E-state index contributed by atoms with van der Waals surface area (Å²) in [5.74, 6) is 3.49. The zero-order chi connectivity index (χ0) is 48.7. The molecule has 2 aromatic rings. The summed E-state index contributed by atoms with van der Waals surface area (Å²) in [7, 11) is 0. The van der Waals surface area contributed by atoms with Gasteiger partial charge in [0.05, 0.1) is 5.69 Å². The van der Waals surface area contributed by atoms with E-state index in [1.165, 1.54) is 96.4 Å². The molecule has 0 bridgehead atoms. The first-order chi connectivity index (χ1) is 30.8. The van der Waals surface area contributed by atoms with E-state index in [9.17, 15) is 0 Å². The lowest BCUT2D eigenvalue weighted by Gasteiger charge is -2.43. The van der Waals surface area contributed by atoms with Gasteiger partial charge in [0, 0.05) is 44.7 Å². The SMILES string of the molecule is C=C/C(=C\C=C\CC)N1/C(=C/C(=C)C(C)(C)C)C2=CN(CC(=C\C3=C(C)C(C)(C)CCC3(C)C)/C(C)=C/C=C\C)C(/C=C3\C(=C)C(C)CCC3C)=CB2c2sc3ccc(C(C)(C)C)cc3c21. The van der Waals surface area contributed by atoms with Gasteiger partial charge >= 0.3 is 0 Å². The molecule has 2 aliphatic heterocycles. The molecular weight excluding hydrogens is 816 g/mol. The molecule has 2 atom stereocenters. The third-order valence-corrected chi connectivity index (χ3v) is 16.6. The Morgan fingerprint density at radius 1 is 0.970 bits per heavy atom. The summed E-state index contributed by atoms with van der Waals surface area (Å²) in [6, 6.07) is 7.17. The van der Waals surface area contributed by atoms with Crippen LogP contribution in [0.4, 0.5) is 5.69 Å². The molecule has 0 spiro atoms. The highest BCUT2D eigenvalue weighted by Crippen LogP contribution is 2.51. The third kappa shape index (κ3) is 10.5. The predicted octanol–water partition coefficient (Wildman–Crippen LogP) is 17.6. The second-order valence-electron chi connectivity index (χ2n) is 23.2. The highest BCUT2D eigenvalue weighted by molar-refractivity contribution is 7.31. The molecule has 0 N–H and O–H groups in total. The van der Waals surface area contributed by atoms with E-state index in [4.69, 9.17) is 13.2 Å². The van der Waals surface area contributed by atoms with Gasteiger partial charge in [-0.05, 0) is 167 Å². The van der Waals surface area contributed by atoms with Gasteiger partial charge in [-0.25, -0.2) is 0 Å². The molecule has 66 heavy (non-hydrogen) atoms. The Hall–Kier alpha value is -4.54. The number of thiophene rings is 1. The quantitative estimate of drug-likeness (QED) is 0.164. The van der Waals surface area contributed by atoms with Crippen LogP contribution >= 0.6 is 11.3 Å². The van der Waals surface area contributed by atoms with Gasteiger partial charge in [-0.2, -0.15) is 0 Å². The van der Waals surface area contributed by atoms with Crippen molar-refractivity contribution in [2.45, 2.75) is 148 Å². The minimum atomic E-state index is -0.143. The van der Waals surface area contributed by atoms with E-state index in [0.29, 0.717) is 11.8 Å². The van der Waals surface area contributed by atoms with Gasteiger partial charge in [-0.15, -0.1) is 11.3 Å². The number of anilines is 1. The van der Waals surface area contributed by atoms with E-state index in [1.807, 2.05) is 17.4 Å². The molecule has 1 aromatic heterocycles. The maximum Gasteiger partial charge on any atom is 0.256 e. The van der Waals surface area contributed by atoms with E-state index in [0.717, 1.165) is 29.9 Å². The molecular formula is C62H83BN2S. The number of hydrogen-bond donors (Lipinski definition) is 0. The highest BCUT2D eigenvalue weighted by Gasteiger charge is 2.43. The van der Waals surface area contributed by atoms with Crippen LogP contribution in [0.1, 0.15) is 148 Å². The standard InChI is InChI=1S/C62H83BN2S/c1-20-23-25-27-49(22-3)65-55(34-44(7)59(10,11)12)54-40-64(39-47(42(5)26-24-21-2)35-53-46(9)61(16,17)32-33-62(53,18)19)50(37-51-43(6)29-28-41(4)45(51)8)38-63(54)58-57(65)52-36-48(60(13,14)15)30-31-56(52)66-58/h21-27,30-31,34-38,40-41,43H,3,7-8,20,28-29,32-33,39H2,1-2,4-6,9-19H3/b24-21-,25-23+,42-26+,47-35+,49-27+,51-37-,55-34+. The molecule has 0 radical (unpaired) electrons. The third-order valence-electron chi connectivity index (χ3n) is 15.3. The summed E-state index contributed by atoms with van der Waals surface area (Å²) in [6.45, 7) is 52.1. The number of hydrogen-bond acceptors (Lipinski definition) is 3. The van der Waals surface area contributed by atoms with E-state index < -0.39 is 0 Å². The first-order valence-electron chi connectivity index (χ1n) is 25.0. The number of allylic oxidation sites excluding steroid dienone is 16. The molecule has 3 heterocycles. The second kappa shape index (κ2) is 19.6. The van der Waals surface area contributed by atoms with Crippen LogP contribution in [0.15, 0.2) is 172 Å². The van der Waals surface area contributed by atoms with Crippen LogP contribution in [0.2, 0.25) is 0 Å². The monoisotopic (exact) mass is 899 g/mol. The normalized spacial score (nSPS) is 23.4. The van der Waals surface area contributed by atoms with Crippen molar-refractivity contribution in [1.29, 1.82) is 0 Å². The van der Waals surface area contributed by atoms with Crippen molar-refractivity contribution in [2.75, 3.05) is 11.4 Å². The zero-order valence-electron chi connectivity index (χ0n) is 44.1. The molecule has 2 aliphatic carbocycles. The maximum atomic E-state index is 4.77. The Balaban J connectivity index is 1.74. The molecule has 6 rings (SSSR count).